The number of hydrogen-bond acceptors (Lipinski definition) is 4. The molecule has 2 aliphatic carbocycles. The number of halogens is 1. The predicted molar refractivity (Wildman–Crippen MR) is 112 cm³/mol. The SMILES string of the molecule is CC1=C(O)C2=C(N(C3CC3)C(=C3CCC3)N(c3ccc(C)cc3F)C2=O)[N+]2(CC2)C1=O. The van der Waals surface area contributed by atoms with Gasteiger partial charge in [-0.2, -0.15) is 4.48 Å². The van der Waals surface area contributed by atoms with Crippen molar-refractivity contribution in [1.29, 1.82) is 0 Å². The van der Waals surface area contributed by atoms with Gasteiger partial charge in [-0.25, -0.2) is 9.18 Å². The number of hydrogen-bond donors (Lipinski definition) is 1. The molecule has 2 saturated carbocycles. The lowest BCUT2D eigenvalue weighted by Gasteiger charge is -2.45. The van der Waals surface area contributed by atoms with E-state index < -0.39 is 11.7 Å². The van der Waals surface area contributed by atoms with Gasteiger partial charge in [-0.15, -0.1) is 0 Å². The summed E-state index contributed by atoms with van der Waals surface area (Å²) in [5, 5.41) is 11.0. The van der Waals surface area contributed by atoms with Crippen LogP contribution in [0.15, 0.2) is 52.3 Å². The number of anilines is 1. The molecule has 0 aromatic heterocycles. The average molecular weight is 422 g/mol. The molecule has 3 fully saturated rings. The summed E-state index contributed by atoms with van der Waals surface area (Å²) in [5.74, 6) is 0.0127. The van der Waals surface area contributed by atoms with Gasteiger partial charge in [-0.3, -0.25) is 14.6 Å². The van der Waals surface area contributed by atoms with E-state index in [-0.39, 0.29) is 39.0 Å². The number of nitrogens with zero attached hydrogens (tertiary/aromatic N) is 3. The summed E-state index contributed by atoms with van der Waals surface area (Å²) in [6.45, 7) is 4.64. The van der Waals surface area contributed by atoms with Crippen LogP contribution >= 0.6 is 0 Å². The van der Waals surface area contributed by atoms with E-state index in [2.05, 4.69) is 4.90 Å². The zero-order valence-electron chi connectivity index (χ0n) is 17.7. The number of benzene rings is 1. The maximum Gasteiger partial charge on any atom is 0.351 e. The first-order chi connectivity index (χ1) is 14.8. The van der Waals surface area contributed by atoms with Crippen molar-refractivity contribution in [2.24, 2.45) is 0 Å². The molecule has 6 rings (SSSR count). The van der Waals surface area contributed by atoms with Gasteiger partial charge in [0, 0.05) is 6.04 Å². The number of carbonyl (C=O) groups is 2. The number of amides is 2. The lowest BCUT2D eigenvalue weighted by molar-refractivity contribution is -0.686. The van der Waals surface area contributed by atoms with Crippen LogP contribution in [0.4, 0.5) is 10.1 Å². The Hall–Kier alpha value is -2.93. The summed E-state index contributed by atoms with van der Waals surface area (Å²) < 4.78 is 15.2. The Morgan fingerprint density at radius 1 is 1.13 bits per heavy atom. The second kappa shape index (κ2) is 6.07. The zero-order chi connectivity index (χ0) is 21.7. The zero-order valence-corrected chi connectivity index (χ0v) is 17.7. The molecule has 3 aliphatic heterocycles. The van der Waals surface area contributed by atoms with Gasteiger partial charge in [0.05, 0.1) is 11.3 Å². The molecule has 1 saturated heterocycles. The van der Waals surface area contributed by atoms with Gasteiger partial charge in [-0.05, 0) is 69.2 Å². The van der Waals surface area contributed by atoms with Crippen LogP contribution in [0.3, 0.4) is 0 Å². The predicted octanol–water partition coefficient (Wildman–Crippen LogP) is 3.75. The quantitative estimate of drug-likeness (QED) is 0.583. The lowest BCUT2D eigenvalue weighted by Crippen LogP contribution is -2.56. The van der Waals surface area contributed by atoms with Crippen molar-refractivity contribution in [2.75, 3.05) is 18.0 Å². The second-order valence-corrected chi connectivity index (χ2v) is 9.37. The Labute approximate surface area is 180 Å². The first-order valence-corrected chi connectivity index (χ1v) is 11.0. The van der Waals surface area contributed by atoms with Crippen LogP contribution in [0.25, 0.3) is 0 Å². The summed E-state index contributed by atoms with van der Waals surface area (Å²) in [4.78, 5) is 30.7. The Bertz CT molecular complexity index is 1160. The van der Waals surface area contributed by atoms with Crippen molar-refractivity contribution >= 4 is 17.5 Å². The highest BCUT2D eigenvalue weighted by molar-refractivity contribution is 6.14. The topological polar surface area (TPSA) is 60.9 Å². The summed E-state index contributed by atoms with van der Waals surface area (Å²) in [7, 11) is 0. The van der Waals surface area contributed by atoms with E-state index in [0.717, 1.165) is 43.2 Å². The van der Waals surface area contributed by atoms with Crippen LogP contribution in [0, 0.1) is 12.7 Å². The van der Waals surface area contributed by atoms with Gasteiger partial charge in [0.25, 0.3) is 5.91 Å². The number of carbonyl (C=O) groups excluding carboxylic acids is 2. The highest BCUT2D eigenvalue weighted by atomic mass is 19.1. The van der Waals surface area contributed by atoms with E-state index in [4.69, 9.17) is 0 Å². The monoisotopic (exact) mass is 422 g/mol. The van der Waals surface area contributed by atoms with Crippen LogP contribution in [-0.4, -0.2) is 45.4 Å². The number of aliphatic hydroxyl groups excluding tert-OH is 1. The van der Waals surface area contributed by atoms with Crippen LogP contribution in [0.1, 0.15) is 44.6 Å². The molecular weight excluding hydrogens is 397 g/mol. The fourth-order valence-corrected chi connectivity index (χ4v) is 5.08. The van der Waals surface area contributed by atoms with Crippen molar-refractivity contribution in [3.05, 3.63) is 63.7 Å². The third kappa shape index (κ3) is 2.41. The third-order valence-electron chi connectivity index (χ3n) is 7.22. The molecule has 0 atom stereocenters. The van der Waals surface area contributed by atoms with Crippen molar-refractivity contribution < 1.29 is 23.6 Å². The molecular formula is C24H25FN3O3+. The van der Waals surface area contributed by atoms with Crippen LogP contribution in [0.5, 0.6) is 0 Å². The fraction of sp³-hybridized carbons (Fsp3) is 0.417. The molecule has 1 spiro atoms. The van der Waals surface area contributed by atoms with Gasteiger partial charge in [0.1, 0.15) is 30.5 Å². The van der Waals surface area contributed by atoms with Gasteiger partial charge < -0.3 is 5.11 Å². The Morgan fingerprint density at radius 3 is 2.39 bits per heavy atom. The Morgan fingerprint density at radius 2 is 1.84 bits per heavy atom. The van der Waals surface area contributed by atoms with E-state index >= 15 is 4.39 Å². The van der Waals surface area contributed by atoms with E-state index in [0.29, 0.717) is 24.7 Å². The number of aryl methyl sites for hydroxylation is 1. The maximum absolute atomic E-state index is 15.2. The smallest absolute Gasteiger partial charge is 0.351 e. The Balaban J connectivity index is 1.65. The van der Waals surface area contributed by atoms with Gasteiger partial charge >= 0.3 is 5.91 Å². The molecule has 7 heteroatoms. The van der Waals surface area contributed by atoms with E-state index in [9.17, 15) is 14.7 Å². The summed E-state index contributed by atoms with van der Waals surface area (Å²) in [5.41, 5.74) is 2.46. The number of fused-ring (bicyclic) bond motifs is 1. The largest absolute Gasteiger partial charge is 0.506 e. The standard InChI is InChI=1S/C24H24FN3O3/c1-13-6-9-18(17(25)12-13)27-21(15-4-3-5-15)26(16-7-8-16)22-19(23(27)30)20(29)14(2)24(31)28(22)10-11-28/h6,9,12,16H,3-5,7-8,10-11H2,1-2H3/p+1. The average Bonchev–Trinajstić information content (AvgIpc) is 3.58. The summed E-state index contributed by atoms with van der Waals surface area (Å²) >= 11 is 0. The summed E-state index contributed by atoms with van der Waals surface area (Å²) in [6, 6.07) is 5.03. The van der Waals surface area contributed by atoms with Crippen LogP contribution in [-0.2, 0) is 9.59 Å². The fourth-order valence-electron chi connectivity index (χ4n) is 5.08. The maximum atomic E-state index is 15.2. The molecule has 1 aromatic rings. The normalized spacial score (nSPS) is 24.9. The minimum atomic E-state index is -0.465. The molecule has 3 heterocycles. The van der Waals surface area contributed by atoms with Crippen molar-refractivity contribution in [3.63, 3.8) is 0 Å². The van der Waals surface area contributed by atoms with Crippen molar-refractivity contribution in [3.8, 4) is 0 Å². The van der Waals surface area contributed by atoms with Crippen LogP contribution < -0.4 is 4.90 Å². The Kier molecular flexibility index (Phi) is 3.68. The van der Waals surface area contributed by atoms with Crippen LogP contribution in [0.2, 0.25) is 0 Å². The number of rotatable bonds is 2. The third-order valence-corrected chi connectivity index (χ3v) is 7.22. The van der Waals surface area contributed by atoms with Gasteiger partial charge in [0.2, 0.25) is 5.82 Å². The molecule has 5 aliphatic rings. The summed E-state index contributed by atoms with van der Waals surface area (Å²) in [6.07, 6.45) is 4.64. The van der Waals surface area contributed by atoms with E-state index in [1.54, 1.807) is 19.1 Å². The van der Waals surface area contributed by atoms with E-state index in [1.807, 2.05) is 6.92 Å². The molecule has 31 heavy (non-hydrogen) atoms. The number of allylic oxidation sites excluding steroid dienone is 1. The van der Waals surface area contributed by atoms with Crippen molar-refractivity contribution in [2.45, 2.75) is 52.0 Å². The molecule has 0 unspecified atom stereocenters. The molecule has 6 nitrogen and oxygen atoms in total. The lowest BCUT2D eigenvalue weighted by atomic mass is 9.89. The minimum absolute atomic E-state index is 0.0917. The van der Waals surface area contributed by atoms with Gasteiger partial charge in [-0.1, -0.05) is 6.07 Å². The molecule has 2 amide bonds. The molecule has 1 aromatic carbocycles. The highest BCUT2D eigenvalue weighted by Crippen LogP contribution is 2.53. The molecule has 1 N–H and O–H groups in total. The first-order valence-electron chi connectivity index (χ1n) is 11.0. The number of aliphatic hydroxyl groups is 1. The molecule has 160 valence electrons. The molecule has 0 radical (unpaired) electrons. The minimum Gasteiger partial charge on any atom is -0.506 e. The van der Waals surface area contributed by atoms with Gasteiger partial charge in [0.15, 0.2) is 5.57 Å². The van der Waals surface area contributed by atoms with E-state index in [1.165, 1.54) is 11.0 Å². The molecule has 0 bridgehead atoms. The first kappa shape index (κ1) is 18.8. The second-order valence-electron chi connectivity index (χ2n) is 9.37. The number of quaternary nitrogens is 1. The highest BCUT2D eigenvalue weighted by Gasteiger charge is 2.65. The van der Waals surface area contributed by atoms with Crippen molar-refractivity contribution in [1.82, 2.24) is 4.90 Å².